The molecule has 1 heterocycles. The first-order chi connectivity index (χ1) is 7.78. The molecule has 1 aromatic rings. The molecular weight excluding hydrogens is 198 g/mol. The summed E-state index contributed by atoms with van der Waals surface area (Å²) in [5.74, 6) is 1.70. The smallest absolute Gasteiger partial charge is 0.118 e. The molecule has 1 aliphatic heterocycles. The minimum Gasteiger partial charge on any atom is -0.497 e. The highest BCUT2D eigenvalue weighted by Crippen LogP contribution is 2.40. The van der Waals surface area contributed by atoms with Crippen LogP contribution in [0.2, 0.25) is 0 Å². The van der Waals surface area contributed by atoms with Gasteiger partial charge in [-0.25, -0.2) is 0 Å². The summed E-state index contributed by atoms with van der Waals surface area (Å²) in [5, 5.41) is 0. The molecule has 3 rings (SSSR count). The second-order valence-electron chi connectivity index (χ2n) is 4.80. The number of hydrogen-bond donors (Lipinski definition) is 0. The van der Waals surface area contributed by atoms with Crippen molar-refractivity contribution in [1.29, 1.82) is 0 Å². The van der Waals surface area contributed by atoms with Crippen molar-refractivity contribution >= 4 is 5.57 Å². The maximum Gasteiger partial charge on any atom is 0.118 e. The lowest BCUT2D eigenvalue weighted by Crippen LogP contribution is -2.27. The van der Waals surface area contributed by atoms with Gasteiger partial charge in [0.05, 0.1) is 7.11 Å². The predicted molar refractivity (Wildman–Crippen MR) is 65.5 cm³/mol. The molecule has 16 heavy (non-hydrogen) atoms. The van der Waals surface area contributed by atoms with E-state index in [1.54, 1.807) is 7.11 Å². The number of fused-ring (bicyclic) bond motifs is 2. The number of likely N-dealkylation sites (N-methyl/N-ethyl adjacent to an activating group) is 1. The second-order valence-corrected chi connectivity index (χ2v) is 4.80. The lowest BCUT2D eigenvalue weighted by molar-refractivity contribution is 0.353. The zero-order chi connectivity index (χ0) is 11.1. The van der Waals surface area contributed by atoms with E-state index < -0.39 is 0 Å². The van der Waals surface area contributed by atoms with Crippen LogP contribution in [0.15, 0.2) is 30.3 Å². The van der Waals surface area contributed by atoms with Gasteiger partial charge in [-0.1, -0.05) is 18.2 Å². The quantitative estimate of drug-likeness (QED) is 0.751. The minimum atomic E-state index is 0.637. The third-order valence-electron chi connectivity index (χ3n) is 3.78. The highest BCUT2D eigenvalue weighted by atomic mass is 16.5. The van der Waals surface area contributed by atoms with Crippen LogP contribution in [0, 0.1) is 5.92 Å². The summed E-state index contributed by atoms with van der Waals surface area (Å²) in [6.07, 6.45) is 3.75. The zero-order valence-electron chi connectivity index (χ0n) is 9.81. The number of nitrogens with zero attached hydrogens (tertiary/aromatic N) is 1. The van der Waals surface area contributed by atoms with E-state index >= 15 is 0 Å². The molecule has 2 nitrogen and oxygen atoms in total. The molecule has 84 valence electrons. The molecule has 0 radical (unpaired) electrons. The monoisotopic (exact) mass is 215 g/mol. The number of methoxy groups -OCH3 is 1. The van der Waals surface area contributed by atoms with Gasteiger partial charge >= 0.3 is 0 Å². The molecule has 0 spiro atoms. The Morgan fingerprint density at radius 1 is 1.25 bits per heavy atom. The zero-order valence-corrected chi connectivity index (χ0v) is 9.81. The van der Waals surface area contributed by atoms with Crippen molar-refractivity contribution in [3.05, 3.63) is 35.9 Å². The highest BCUT2D eigenvalue weighted by molar-refractivity contribution is 5.73. The summed E-state index contributed by atoms with van der Waals surface area (Å²) in [6.45, 7) is 1.23. The first kappa shape index (κ1) is 9.91. The standard InChI is InChI=1S/C14H17NO/c1-15-9-10-7-13(14(15)8-10)11-3-5-12(16-2)6-4-11/h3-7,10,14H,8-9H2,1-2H3. The van der Waals surface area contributed by atoms with Gasteiger partial charge in [0.25, 0.3) is 0 Å². The van der Waals surface area contributed by atoms with E-state index in [2.05, 4.69) is 30.2 Å². The summed E-state index contributed by atoms with van der Waals surface area (Å²) < 4.78 is 5.19. The second kappa shape index (κ2) is 3.63. The number of ether oxygens (including phenoxy) is 1. The van der Waals surface area contributed by atoms with Crippen molar-refractivity contribution in [2.75, 3.05) is 20.7 Å². The highest BCUT2D eigenvalue weighted by Gasteiger charge is 2.37. The van der Waals surface area contributed by atoms with Crippen LogP contribution in [0.5, 0.6) is 5.75 Å². The topological polar surface area (TPSA) is 12.5 Å². The minimum absolute atomic E-state index is 0.637. The van der Waals surface area contributed by atoms with Crippen molar-refractivity contribution in [3.63, 3.8) is 0 Å². The van der Waals surface area contributed by atoms with Gasteiger partial charge in [-0.15, -0.1) is 0 Å². The van der Waals surface area contributed by atoms with Gasteiger partial charge in [0.15, 0.2) is 0 Å². The maximum atomic E-state index is 5.19. The van der Waals surface area contributed by atoms with Gasteiger partial charge in [0.1, 0.15) is 5.75 Å². The SMILES string of the molecule is COc1ccc(C2=CC3CC2N(C)C3)cc1. The Kier molecular flexibility index (Phi) is 2.25. The molecular formula is C14H17NO. The summed E-state index contributed by atoms with van der Waals surface area (Å²) >= 11 is 0. The maximum absolute atomic E-state index is 5.19. The van der Waals surface area contributed by atoms with E-state index in [1.165, 1.54) is 24.1 Å². The van der Waals surface area contributed by atoms with Crippen LogP contribution < -0.4 is 4.74 Å². The van der Waals surface area contributed by atoms with E-state index in [9.17, 15) is 0 Å². The summed E-state index contributed by atoms with van der Waals surface area (Å²) in [6, 6.07) is 9.06. The summed E-state index contributed by atoms with van der Waals surface area (Å²) in [7, 11) is 3.93. The molecule has 2 atom stereocenters. The molecule has 1 aliphatic carbocycles. The molecule has 0 amide bonds. The fraction of sp³-hybridized carbons (Fsp3) is 0.429. The molecule has 0 aromatic heterocycles. The van der Waals surface area contributed by atoms with Gasteiger partial charge in [-0.05, 0) is 42.7 Å². The van der Waals surface area contributed by atoms with E-state index in [4.69, 9.17) is 4.74 Å². The van der Waals surface area contributed by atoms with E-state index in [-0.39, 0.29) is 0 Å². The fourth-order valence-corrected chi connectivity index (χ4v) is 2.96. The summed E-state index contributed by atoms with van der Waals surface area (Å²) in [5.41, 5.74) is 2.85. The number of benzene rings is 1. The van der Waals surface area contributed by atoms with Crippen molar-refractivity contribution in [2.24, 2.45) is 5.92 Å². The van der Waals surface area contributed by atoms with Gasteiger partial charge < -0.3 is 4.74 Å². The van der Waals surface area contributed by atoms with Gasteiger partial charge in [-0.2, -0.15) is 0 Å². The molecule has 2 bridgehead atoms. The molecule has 2 heteroatoms. The lowest BCUT2D eigenvalue weighted by atomic mass is 10.0. The molecule has 1 saturated heterocycles. The van der Waals surface area contributed by atoms with E-state index in [0.717, 1.165) is 11.7 Å². The van der Waals surface area contributed by atoms with Crippen LogP contribution in [0.1, 0.15) is 12.0 Å². The van der Waals surface area contributed by atoms with Crippen molar-refractivity contribution < 1.29 is 4.74 Å². The lowest BCUT2D eigenvalue weighted by Gasteiger charge is -2.24. The average Bonchev–Trinajstić information content (AvgIpc) is 2.88. The van der Waals surface area contributed by atoms with E-state index in [0.29, 0.717) is 6.04 Å². The first-order valence-electron chi connectivity index (χ1n) is 5.84. The van der Waals surface area contributed by atoms with Crippen molar-refractivity contribution in [2.45, 2.75) is 12.5 Å². The Morgan fingerprint density at radius 2 is 2.00 bits per heavy atom. The molecule has 1 fully saturated rings. The normalized spacial score (nSPS) is 28.2. The first-order valence-corrected chi connectivity index (χ1v) is 5.84. The molecule has 1 aromatic carbocycles. The third-order valence-corrected chi connectivity index (χ3v) is 3.78. The van der Waals surface area contributed by atoms with E-state index in [1.807, 2.05) is 12.1 Å². The van der Waals surface area contributed by atoms with Crippen LogP contribution >= 0.6 is 0 Å². The van der Waals surface area contributed by atoms with Crippen LogP contribution in [0.3, 0.4) is 0 Å². The summed E-state index contributed by atoms with van der Waals surface area (Å²) in [4.78, 5) is 2.46. The van der Waals surface area contributed by atoms with Gasteiger partial charge in [0, 0.05) is 12.6 Å². The third kappa shape index (κ3) is 1.45. The number of hydrogen-bond acceptors (Lipinski definition) is 2. The Hall–Kier alpha value is -1.28. The predicted octanol–water partition coefficient (Wildman–Crippen LogP) is 2.41. The van der Waals surface area contributed by atoms with Crippen LogP contribution in [-0.2, 0) is 0 Å². The number of likely N-dealkylation sites (tertiary alicyclic amines) is 1. The molecule has 2 unspecified atom stereocenters. The van der Waals surface area contributed by atoms with Gasteiger partial charge in [-0.3, -0.25) is 4.90 Å². The fourth-order valence-electron chi connectivity index (χ4n) is 2.96. The van der Waals surface area contributed by atoms with Gasteiger partial charge in [0.2, 0.25) is 0 Å². The van der Waals surface area contributed by atoms with Crippen LogP contribution in [0.25, 0.3) is 5.57 Å². The van der Waals surface area contributed by atoms with Crippen LogP contribution in [-0.4, -0.2) is 31.6 Å². The van der Waals surface area contributed by atoms with Crippen molar-refractivity contribution in [1.82, 2.24) is 4.90 Å². The molecule has 2 aliphatic rings. The largest absolute Gasteiger partial charge is 0.497 e. The Bertz CT molecular complexity index is 421. The Balaban J connectivity index is 1.90. The van der Waals surface area contributed by atoms with Crippen molar-refractivity contribution in [3.8, 4) is 5.75 Å². The van der Waals surface area contributed by atoms with Crippen LogP contribution in [0.4, 0.5) is 0 Å². The number of rotatable bonds is 2. The molecule has 0 saturated carbocycles. The Morgan fingerprint density at radius 3 is 2.56 bits per heavy atom. The average molecular weight is 215 g/mol. The Labute approximate surface area is 96.5 Å². The molecule has 0 N–H and O–H groups in total.